The van der Waals surface area contributed by atoms with Gasteiger partial charge in [0.25, 0.3) is 0 Å². The quantitative estimate of drug-likeness (QED) is 0.839. The molecule has 0 radical (unpaired) electrons. The van der Waals surface area contributed by atoms with Gasteiger partial charge in [0.15, 0.2) is 0 Å². The van der Waals surface area contributed by atoms with E-state index in [-0.39, 0.29) is 5.91 Å². The van der Waals surface area contributed by atoms with Crippen molar-refractivity contribution >= 4 is 11.5 Å². The van der Waals surface area contributed by atoms with E-state index in [0.717, 1.165) is 13.0 Å². The van der Waals surface area contributed by atoms with Gasteiger partial charge in [-0.05, 0) is 24.5 Å². The standard InChI is InChI=1S/C14H18N2O/c1-11(15)14(17)16-9-7-13(8-10-16)12-5-3-2-4-6-12/h2-7,11H,8-10,15H2,1H3. The fraction of sp³-hybridized carbons (Fsp3) is 0.357. The molecule has 1 amide bonds. The Morgan fingerprint density at radius 1 is 1.35 bits per heavy atom. The largest absolute Gasteiger partial charge is 0.337 e. The Labute approximate surface area is 102 Å². The molecule has 0 saturated carbocycles. The number of carbonyl (C=O) groups is 1. The Bertz CT molecular complexity index is 423. The van der Waals surface area contributed by atoms with Gasteiger partial charge in [0.1, 0.15) is 0 Å². The molecule has 1 aromatic rings. The lowest BCUT2D eigenvalue weighted by molar-refractivity contribution is -0.131. The van der Waals surface area contributed by atoms with E-state index in [1.807, 2.05) is 23.1 Å². The Morgan fingerprint density at radius 2 is 2.06 bits per heavy atom. The molecule has 1 aliphatic heterocycles. The average molecular weight is 230 g/mol. The average Bonchev–Trinajstić information content (AvgIpc) is 2.39. The first-order valence-corrected chi connectivity index (χ1v) is 5.97. The number of benzene rings is 1. The van der Waals surface area contributed by atoms with Gasteiger partial charge in [-0.25, -0.2) is 0 Å². The van der Waals surface area contributed by atoms with E-state index in [0.29, 0.717) is 6.54 Å². The second-order valence-corrected chi connectivity index (χ2v) is 4.42. The Hall–Kier alpha value is -1.61. The molecule has 1 unspecified atom stereocenters. The summed E-state index contributed by atoms with van der Waals surface area (Å²) in [5, 5.41) is 0. The summed E-state index contributed by atoms with van der Waals surface area (Å²) < 4.78 is 0. The van der Waals surface area contributed by atoms with Crippen LogP contribution in [-0.4, -0.2) is 29.9 Å². The molecular formula is C14H18N2O. The molecular weight excluding hydrogens is 212 g/mol. The summed E-state index contributed by atoms with van der Waals surface area (Å²) in [6, 6.07) is 9.90. The highest BCUT2D eigenvalue weighted by atomic mass is 16.2. The van der Waals surface area contributed by atoms with Gasteiger partial charge in [0, 0.05) is 13.1 Å². The van der Waals surface area contributed by atoms with Gasteiger partial charge in [-0.1, -0.05) is 36.4 Å². The summed E-state index contributed by atoms with van der Waals surface area (Å²) >= 11 is 0. The zero-order chi connectivity index (χ0) is 12.3. The minimum Gasteiger partial charge on any atom is -0.337 e. The number of hydrogen-bond acceptors (Lipinski definition) is 2. The van der Waals surface area contributed by atoms with Crippen molar-refractivity contribution in [3.8, 4) is 0 Å². The fourth-order valence-electron chi connectivity index (χ4n) is 2.07. The molecule has 1 atom stereocenters. The maximum Gasteiger partial charge on any atom is 0.239 e. The fourth-order valence-corrected chi connectivity index (χ4v) is 2.07. The maximum atomic E-state index is 11.7. The van der Waals surface area contributed by atoms with Crippen LogP contribution in [0.3, 0.4) is 0 Å². The molecule has 1 aliphatic rings. The third kappa shape index (κ3) is 2.74. The highest BCUT2D eigenvalue weighted by Crippen LogP contribution is 2.22. The van der Waals surface area contributed by atoms with Crippen molar-refractivity contribution in [2.24, 2.45) is 5.73 Å². The minimum atomic E-state index is -0.401. The summed E-state index contributed by atoms with van der Waals surface area (Å²) in [6.45, 7) is 3.17. The van der Waals surface area contributed by atoms with Crippen molar-refractivity contribution < 1.29 is 4.79 Å². The molecule has 2 N–H and O–H groups in total. The lowest BCUT2D eigenvalue weighted by Gasteiger charge is -2.28. The number of hydrogen-bond donors (Lipinski definition) is 1. The maximum absolute atomic E-state index is 11.7. The van der Waals surface area contributed by atoms with Gasteiger partial charge < -0.3 is 10.6 Å². The molecule has 0 spiro atoms. The predicted molar refractivity (Wildman–Crippen MR) is 69.3 cm³/mol. The molecule has 17 heavy (non-hydrogen) atoms. The van der Waals surface area contributed by atoms with E-state index in [1.54, 1.807) is 6.92 Å². The summed E-state index contributed by atoms with van der Waals surface area (Å²) in [7, 11) is 0. The zero-order valence-corrected chi connectivity index (χ0v) is 10.1. The first-order chi connectivity index (χ1) is 8.18. The van der Waals surface area contributed by atoms with E-state index < -0.39 is 6.04 Å². The van der Waals surface area contributed by atoms with Crippen molar-refractivity contribution in [3.05, 3.63) is 42.0 Å². The van der Waals surface area contributed by atoms with Gasteiger partial charge in [-0.3, -0.25) is 4.79 Å². The molecule has 90 valence electrons. The minimum absolute atomic E-state index is 0.0355. The van der Waals surface area contributed by atoms with E-state index in [4.69, 9.17) is 5.73 Å². The Morgan fingerprint density at radius 3 is 2.59 bits per heavy atom. The smallest absolute Gasteiger partial charge is 0.239 e. The van der Waals surface area contributed by atoms with Gasteiger partial charge in [0.2, 0.25) is 5.91 Å². The van der Waals surface area contributed by atoms with Crippen molar-refractivity contribution in [1.29, 1.82) is 0 Å². The zero-order valence-electron chi connectivity index (χ0n) is 10.1. The van der Waals surface area contributed by atoms with Crippen molar-refractivity contribution in [2.75, 3.05) is 13.1 Å². The highest BCUT2D eigenvalue weighted by molar-refractivity contribution is 5.82. The van der Waals surface area contributed by atoms with Crippen LogP contribution in [0.2, 0.25) is 0 Å². The molecule has 0 fully saturated rings. The van der Waals surface area contributed by atoms with Crippen molar-refractivity contribution in [2.45, 2.75) is 19.4 Å². The van der Waals surface area contributed by atoms with E-state index in [9.17, 15) is 4.79 Å². The molecule has 0 aromatic heterocycles. The first kappa shape index (κ1) is 11.9. The number of nitrogens with two attached hydrogens (primary N) is 1. The molecule has 0 aliphatic carbocycles. The first-order valence-electron chi connectivity index (χ1n) is 5.97. The van der Waals surface area contributed by atoms with E-state index >= 15 is 0 Å². The van der Waals surface area contributed by atoms with E-state index in [1.165, 1.54) is 11.1 Å². The molecule has 2 rings (SSSR count). The molecule has 1 aromatic carbocycles. The monoisotopic (exact) mass is 230 g/mol. The molecule has 1 heterocycles. The normalized spacial score (nSPS) is 17.5. The van der Waals surface area contributed by atoms with Gasteiger partial charge >= 0.3 is 0 Å². The van der Waals surface area contributed by atoms with Crippen LogP contribution in [0.15, 0.2) is 36.4 Å². The second-order valence-electron chi connectivity index (χ2n) is 4.42. The lowest BCUT2D eigenvalue weighted by Crippen LogP contribution is -2.43. The van der Waals surface area contributed by atoms with Crippen LogP contribution in [0.1, 0.15) is 18.9 Å². The molecule has 3 nitrogen and oxygen atoms in total. The summed E-state index contributed by atoms with van der Waals surface area (Å²) in [5.41, 5.74) is 8.17. The molecule has 0 saturated heterocycles. The number of nitrogens with zero attached hydrogens (tertiary/aromatic N) is 1. The van der Waals surface area contributed by atoms with E-state index in [2.05, 4.69) is 18.2 Å². The van der Waals surface area contributed by atoms with Gasteiger partial charge in [-0.2, -0.15) is 0 Å². The van der Waals surface area contributed by atoms with Crippen LogP contribution in [-0.2, 0) is 4.79 Å². The summed E-state index contributed by atoms with van der Waals surface area (Å²) in [4.78, 5) is 13.5. The Balaban J connectivity index is 2.06. The van der Waals surface area contributed by atoms with Gasteiger partial charge in [0.05, 0.1) is 6.04 Å². The number of carbonyl (C=O) groups excluding carboxylic acids is 1. The third-order valence-electron chi connectivity index (χ3n) is 3.05. The summed E-state index contributed by atoms with van der Waals surface area (Å²) in [6.07, 6.45) is 3.03. The third-order valence-corrected chi connectivity index (χ3v) is 3.05. The van der Waals surface area contributed by atoms with Crippen LogP contribution in [0.5, 0.6) is 0 Å². The molecule has 3 heteroatoms. The number of rotatable bonds is 2. The predicted octanol–water partition coefficient (Wildman–Crippen LogP) is 1.65. The van der Waals surface area contributed by atoms with Crippen LogP contribution >= 0.6 is 0 Å². The van der Waals surface area contributed by atoms with Gasteiger partial charge in [-0.15, -0.1) is 0 Å². The van der Waals surface area contributed by atoms with Crippen LogP contribution in [0.25, 0.3) is 5.57 Å². The Kier molecular flexibility index (Phi) is 3.59. The SMILES string of the molecule is CC(N)C(=O)N1CC=C(c2ccccc2)CC1. The van der Waals surface area contributed by atoms with Crippen LogP contribution < -0.4 is 5.73 Å². The molecule has 0 bridgehead atoms. The second kappa shape index (κ2) is 5.15. The summed E-state index contributed by atoms with van der Waals surface area (Å²) in [5.74, 6) is 0.0355. The van der Waals surface area contributed by atoms with Crippen molar-refractivity contribution in [3.63, 3.8) is 0 Å². The lowest BCUT2D eigenvalue weighted by atomic mass is 9.99. The van der Waals surface area contributed by atoms with Crippen LogP contribution in [0, 0.1) is 0 Å². The van der Waals surface area contributed by atoms with Crippen molar-refractivity contribution in [1.82, 2.24) is 4.90 Å². The number of amides is 1. The van der Waals surface area contributed by atoms with Crippen LogP contribution in [0.4, 0.5) is 0 Å². The highest BCUT2D eigenvalue weighted by Gasteiger charge is 2.19. The topological polar surface area (TPSA) is 46.3 Å².